The van der Waals surface area contributed by atoms with Crippen molar-refractivity contribution in [1.29, 1.82) is 0 Å². The third-order valence-electron chi connectivity index (χ3n) is 3.65. The number of nitrogens with zero attached hydrogens (tertiary/aromatic N) is 2. The summed E-state index contributed by atoms with van der Waals surface area (Å²) in [5.41, 5.74) is 1.98. The SMILES string of the molecule is CCN(C[C@@H](O)COC)C[C@H]1CC(c2ccc(Cl)cc2)=NO1. The molecule has 1 aromatic carbocycles. The first kappa shape index (κ1) is 17.2. The summed E-state index contributed by atoms with van der Waals surface area (Å²) in [6.45, 7) is 4.55. The van der Waals surface area contributed by atoms with Crippen molar-refractivity contribution >= 4 is 17.3 Å². The summed E-state index contributed by atoms with van der Waals surface area (Å²) in [5.74, 6) is 0. The van der Waals surface area contributed by atoms with Gasteiger partial charge in [-0.15, -0.1) is 0 Å². The van der Waals surface area contributed by atoms with Crippen LogP contribution in [-0.2, 0) is 9.57 Å². The van der Waals surface area contributed by atoms with Crippen LogP contribution in [0.5, 0.6) is 0 Å². The smallest absolute Gasteiger partial charge is 0.145 e. The highest BCUT2D eigenvalue weighted by molar-refractivity contribution is 6.30. The van der Waals surface area contributed by atoms with Crippen LogP contribution in [0.15, 0.2) is 29.4 Å². The number of ether oxygens (including phenoxy) is 1. The van der Waals surface area contributed by atoms with Crippen LogP contribution in [0.4, 0.5) is 0 Å². The molecule has 2 atom stereocenters. The first-order chi connectivity index (χ1) is 10.6. The first-order valence-electron chi connectivity index (χ1n) is 7.50. The Kier molecular flexibility index (Phi) is 6.64. The highest BCUT2D eigenvalue weighted by Crippen LogP contribution is 2.19. The van der Waals surface area contributed by atoms with Crippen molar-refractivity contribution in [2.75, 3.05) is 33.4 Å². The second-order valence-electron chi connectivity index (χ2n) is 5.44. The molecule has 0 amide bonds. The van der Waals surface area contributed by atoms with Gasteiger partial charge in [0.05, 0.1) is 18.4 Å². The van der Waals surface area contributed by atoms with Gasteiger partial charge in [0, 0.05) is 31.6 Å². The van der Waals surface area contributed by atoms with Crippen LogP contribution in [-0.4, -0.2) is 61.3 Å². The molecule has 0 unspecified atom stereocenters. The van der Waals surface area contributed by atoms with E-state index in [0.717, 1.165) is 30.8 Å². The summed E-state index contributed by atoms with van der Waals surface area (Å²) in [7, 11) is 1.59. The Morgan fingerprint density at radius 1 is 1.45 bits per heavy atom. The Bertz CT molecular complexity index is 493. The summed E-state index contributed by atoms with van der Waals surface area (Å²) < 4.78 is 4.96. The molecule has 1 aromatic rings. The van der Waals surface area contributed by atoms with Crippen molar-refractivity contribution in [2.45, 2.75) is 25.6 Å². The van der Waals surface area contributed by atoms with E-state index in [9.17, 15) is 5.11 Å². The summed E-state index contributed by atoms with van der Waals surface area (Å²) in [6, 6.07) is 7.61. The van der Waals surface area contributed by atoms with E-state index < -0.39 is 6.10 Å². The number of aliphatic hydroxyl groups is 1. The number of hydrogen-bond acceptors (Lipinski definition) is 5. The number of benzene rings is 1. The fraction of sp³-hybridized carbons (Fsp3) is 0.562. The zero-order valence-electron chi connectivity index (χ0n) is 13.0. The average Bonchev–Trinajstić information content (AvgIpc) is 2.96. The van der Waals surface area contributed by atoms with Crippen LogP contribution in [0.1, 0.15) is 18.9 Å². The average molecular weight is 327 g/mol. The molecule has 1 aliphatic rings. The van der Waals surface area contributed by atoms with E-state index in [2.05, 4.69) is 17.0 Å². The number of oxime groups is 1. The lowest BCUT2D eigenvalue weighted by atomic mass is 10.0. The van der Waals surface area contributed by atoms with Crippen molar-refractivity contribution in [1.82, 2.24) is 4.90 Å². The van der Waals surface area contributed by atoms with Gasteiger partial charge in [0.1, 0.15) is 6.10 Å². The molecular weight excluding hydrogens is 304 g/mol. The predicted molar refractivity (Wildman–Crippen MR) is 87.5 cm³/mol. The number of hydrogen-bond donors (Lipinski definition) is 1. The van der Waals surface area contributed by atoms with Gasteiger partial charge in [-0.2, -0.15) is 0 Å². The van der Waals surface area contributed by atoms with Crippen LogP contribution in [0.25, 0.3) is 0 Å². The largest absolute Gasteiger partial charge is 0.390 e. The van der Waals surface area contributed by atoms with Gasteiger partial charge in [-0.05, 0) is 24.2 Å². The second-order valence-corrected chi connectivity index (χ2v) is 5.87. The Morgan fingerprint density at radius 3 is 2.82 bits per heavy atom. The first-order valence-corrected chi connectivity index (χ1v) is 7.88. The maximum absolute atomic E-state index is 9.83. The van der Waals surface area contributed by atoms with Gasteiger partial charge in [-0.3, -0.25) is 4.90 Å². The molecule has 0 bridgehead atoms. The van der Waals surface area contributed by atoms with Gasteiger partial charge in [-0.1, -0.05) is 35.8 Å². The van der Waals surface area contributed by atoms with E-state index in [4.69, 9.17) is 21.2 Å². The van der Waals surface area contributed by atoms with Gasteiger partial charge in [-0.25, -0.2) is 0 Å². The lowest BCUT2D eigenvalue weighted by molar-refractivity contribution is 0.0134. The molecule has 6 heteroatoms. The molecule has 5 nitrogen and oxygen atoms in total. The second kappa shape index (κ2) is 8.48. The third kappa shape index (κ3) is 4.95. The van der Waals surface area contributed by atoms with E-state index in [0.29, 0.717) is 18.2 Å². The lowest BCUT2D eigenvalue weighted by Gasteiger charge is -2.25. The van der Waals surface area contributed by atoms with E-state index >= 15 is 0 Å². The molecule has 0 saturated carbocycles. The Hall–Kier alpha value is -1.14. The van der Waals surface area contributed by atoms with Crippen LogP contribution < -0.4 is 0 Å². The van der Waals surface area contributed by atoms with E-state index in [1.807, 2.05) is 24.3 Å². The summed E-state index contributed by atoms with van der Waals surface area (Å²) in [4.78, 5) is 7.67. The standard InChI is InChI=1S/C16H23ClN2O3/c1-3-19(9-14(20)11-21-2)10-15-8-16(18-22-15)12-4-6-13(17)7-5-12/h4-7,14-15,20H,3,8-11H2,1-2H3/t14-,15-/m1/s1. The molecule has 122 valence electrons. The van der Waals surface area contributed by atoms with Crippen molar-refractivity contribution in [2.24, 2.45) is 5.16 Å². The highest BCUT2D eigenvalue weighted by atomic mass is 35.5. The van der Waals surface area contributed by atoms with Crippen molar-refractivity contribution in [3.63, 3.8) is 0 Å². The van der Waals surface area contributed by atoms with Gasteiger partial charge in [0.15, 0.2) is 0 Å². The number of halogens is 1. The zero-order chi connectivity index (χ0) is 15.9. The van der Waals surface area contributed by atoms with Gasteiger partial charge in [0.2, 0.25) is 0 Å². The zero-order valence-corrected chi connectivity index (χ0v) is 13.8. The number of rotatable bonds is 8. The van der Waals surface area contributed by atoms with Crippen LogP contribution in [0.3, 0.4) is 0 Å². The highest BCUT2D eigenvalue weighted by Gasteiger charge is 2.24. The molecule has 0 saturated heterocycles. The Morgan fingerprint density at radius 2 is 2.18 bits per heavy atom. The minimum absolute atomic E-state index is 0.0142. The quantitative estimate of drug-likeness (QED) is 0.795. The van der Waals surface area contributed by atoms with Crippen molar-refractivity contribution < 1.29 is 14.7 Å². The molecule has 1 aliphatic heterocycles. The maximum atomic E-state index is 9.83. The minimum Gasteiger partial charge on any atom is -0.390 e. The van der Waals surface area contributed by atoms with Gasteiger partial charge >= 0.3 is 0 Å². The van der Waals surface area contributed by atoms with Gasteiger partial charge < -0.3 is 14.7 Å². The molecule has 1 N–H and O–H groups in total. The van der Waals surface area contributed by atoms with Crippen molar-refractivity contribution in [3.8, 4) is 0 Å². The predicted octanol–water partition coefficient (Wildman–Crippen LogP) is 2.16. The summed E-state index contributed by atoms with van der Waals surface area (Å²) in [6.07, 6.45) is 0.293. The van der Waals surface area contributed by atoms with Crippen LogP contribution >= 0.6 is 11.6 Å². The summed E-state index contributed by atoms with van der Waals surface area (Å²) in [5, 5.41) is 14.7. The van der Waals surface area contributed by atoms with Crippen molar-refractivity contribution in [3.05, 3.63) is 34.9 Å². The Balaban J connectivity index is 1.84. The fourth-order valence-corrected chi connectivity index (χ4v) is 2.63. The maximum Gasteiger partial charge on any atom is 0.145 e. The molecule has 0 spiro atoms. The minimum atomic E-state index is -0.483. The molecule has 22 heavy (non-hydrogen) atoms. The van der Waals surface area contributed by atoms with Crippen LogP contribution in [0.2, 0.25) is 5.02 Å². The monoisotopic (exact) mass is 326 g/mol. The molecule has 0 radical (unpaired) electrons. The fourth-order valence-electron chi connectivity index (χ4n) is 2.50. The topological polar surface area (TPSA) is 54.3 Å². The lowest BCUT2D eigenvalue weighted by Crippen LogP contribution is -2.39. The number of likely N-dealkylation sites (N-methyl/N-ethyl adjacent to an activating group) is 1. The molecule has 1 heterocycles. The van der Waals surface area contributed by atoms with Gasteiger partial charge in [0.25, 0.3) is 0 Å². The number of methoxy groups -OCH3 is 1. The Labute approximate surface area is 136 Å². The molecule has 2 rings (SSSR count). The van der Waals surface area contributed by atoms with Crippen LogP contribution in [0, 0.1) is 0 Å². The summed E-state index contributed by atoms with van der Waals surface area (Å²) >= 11 is 5.90. The van der Waals surface area contributed by atoms with E-state index in [1.54, 1.807) is 7.11 Å². The number of aliphatic hydroxyl groups excluding tert-OH is 1. The molecule has 0 aliphatic carbocycles. The molecule has 0 fully saturated rings. The van der Waals surface area contributed by atoms with E-state index in [1.165, 1.54) is 0 Å². The third-order valence-corrected chi connectivity index (χ3v) is 3.90. The normalized spacial score (nSPS) is 19.1. The molecular formula is C16H23ClN2O3. The van der Waals surface area contributed by atoms with E-state index in [-0.39, 0.29) is 6.10 Å². The molecule has 0 aromatic heterocycles.